The van der Waals surface area contributed by atoms with Gasteiger partial charge in [-0.3, -0.25) is 9.59 Å². The van der Waals surface area contributed by atoms with Gasteiger partial charge in [0.15, 0.2) is 17.4 Å². The summed E-state index contributed by atoms with van der Waals surface area (Å²) in [7, 11) is 3.66. The van der Waals surface area contributed by atoms with E-state index >= 15 is 0 Å². The Labute approximate surface area is 169 Å². The Morgan fingerprint density at radius 1 is 1.18 bits per heavy atom. The third-order valence-corrected chi connectivity index (χ3v) is 4.59. The molecule has 0 radical (unpaired) electrons. The molecule has 152 valence electrons. The molecule has 2 N–H and O–H groups in total. The maximum Gasteiger partial charge on any atom is 0.340 e. The number of ether oxygens (including phenoxy) is 5. The second kappa shape index (κ2) is 8.96. The summed E-state index contributed by atoms with van der Waals surface area (Å²) in [5, 5.41) is 0. The Morgan fingerprint density at radius 2 is 1.79 bits per heavy atom. The van der Waals surface area contributed by atoms with E-state index in [4.69, 9.17) is 29.4 Å². The highest BCUT2D eigenvalue weighted by molar-refractivity contribution is 9.10. The van der Waals surface area contributed by atoms with Gasteiger partial charge in [-0.05, 0) is 19.1 Å². The van der Waals surface area contributed by atoms with Gasteiger partial charge >= 0.3 is 17.9 Å². The molecule has 0 bridgehead atoms. The second-order valence-electron chi connectivity index (χ2n) is 5.63. The Balaban J connectivity index is 2.81. The van der Waals surface area contributed by atoms with Gasteiger partial charge in [0.2, 0.25) is 5.88 Å². The van der Waals surface area contributed by atoms with Crippen molar-refractivity contribution in [2.24, 2.45) is 11.7 Å². The number of methoxy groups -OCH3 is 3. The van der Waals surface area contributed by atoms with Crippen LogP contribution in [0.1, 0.15) is 18.4 Å². The van der Waals surface area contributed by atoms with Gasteiger partial charge in [0, 0.05) is 16.0 Å². The first-order chi connectivity index (χ1) is 13.3. The van der Waals surface area contributed by atoms with Gasteiger partial charge in [-0.1, -0.05) is 15.9 Å². The summed E-state index contributed by atoms with van der Waals surface area (Å²) in [6.45, 7) is 1.66. The molecule has 0 amide bonds. The van der Waals surface area contributed by atoms with Crippen LogP contribution in [0.5, 0.6) is 11.5 Å². The smallest absolute Gasteiger partial charge is 0.340 e. The summed E-state index contributed by atoms with van der Waals surface area (Å²) >= 11 is 3.34. The minimum Gasteiger partial charge on any atom is -0.493 e. The van der Waals surface area contributed by atoms with Crippen molar-refractivity contribution in [2.75, 3.05) is 27.9 Å². The summed E-state index contributed by atoms with van der Waals surface area (Å²) in [6.07, 6.45) is 0. The summed E-state index contributed by atoms with van der Waals surface area (Å²) in [5.74, 6) is -5.19. The quantitative estimate of drug-likeness (QED) is 0.385. The van der Waals surface area contributed by atoms with Gasteiger partial charge < -0.3 is 29.4 Å². The zero-order valence-corrected chi connectivity index (χ0v) is 17.3. The molecule has 0 aliphatic carbocycles. The van der Waals surface area contributed by atoms with Crippen molar-refractivity contribution >= 4 is 33.8 Å². The van der Waals surface area contributed by atoms with E-state index < -0.39 is 29.7 Å². The van der Waals surface area contributed by atoms with Gasteiger partial charge in [0.1, 0.15) is 5.57 Å². The van der Waals surface area contributed by atoms with E-state index in [-0.39, 0.29) is 29.6 Å². The number of esters is 3. The predicted octanol–water partition coefficient (Wildman–Crippen LogP) is 1.63. The van der Waals surface area contributed by atoms with Gasteiger partial charge in [-0.25, -0.2) is 4.79 Å². The first-order valence-corrected chi connectivity index (χ1v) is 8.97. The lowest BCUT2D eigenvalue weighted by atomic mass is 9.78. The molecule has 1 aromatic rings. The molecule has 1 aromatic carbocycles. The number of fused-ring (bicyclic) bond motifs is 1. The molecular formula is C18H20BrNO8. The monoisotopic (exact) mass is 457 g/mol. The summed E-state index contributed by atoms with van der Waals surface area (Å²) < 4.78 is 26.1. The second-order valence-corrected chi connectivity index (χ2v) is 6.54. The lowest BCUT2D eigenvalue weighted by molar-refractivity contribution is -0.159. The number of halogens is 1. The third kappa shape index (κ3) is 3.91. The van der Waals surface area contributed by atoms with E-state index in [1.54, 1.807) is 19.1 Å². The number of carbonyl (C=O) groups excluding carboxylic acids is 3. The third-order valence-electron chi connectivity index (χ3n) is 4.13. The fourth-order valence-electron chi connectivity index (χ4n) is 2.96. The normalized spacial score (nSPS) is 15.4. The maximum absolute atomic E-state index is 12.6. The van der Waals surface area contributed by atoms with E-state index in [0.717, 1.165) is 14.2 Å². The van der Waals surface area contributed by atoms with Gasteiger partial charge in [-0.15, -0.1) is 0 Å². The minimum atomic E-state index is -1.52. The SMILES string of the molecule is CCOC(=O)C1=C(N)Oc2c(OC)cc(Br)cc2C1C(C(=O)OC)C(=O)OC. The predicted molar refractivity (Wildman–Crippen MR) is 99.4 cm³/mol. The van der Waals surface area contributed by atoms with Crippen molar-refractivity contribution in [1.82, 2.24) is 0 Å². The van der Waals surface area contributed by atoms with E-state index in [1.807, 2.05) is 0 Å². The fourth-order valence-corrected chi connectivity index (χ4v) is 3.41. The van der Waals surface area contributed by atoms with E-state index in [1.165, 1.54) is 7.11 Å². The van der Waals surface area contributed by atoms with Crippen LogP contribution >= 0.6 is 15.9 Å². The molecule has 0 aromatic heterocycles. The molecule has 0 fully saturated rings. The lowest BCUT2D eigenvalue weighted by Gasteiger charge is -2.32. The van der Waals surface area contributed by atoms with Crippen molar-refractivity contribution in [3.8, 4) is 11.5 Å². The molecule has 2 rings (SSSR count). The first kappa shape index (κ1) is 21.5. The topological polar surface area (TPSA) is 123 Å². The summed E-state index contributed by atoms with van der Waals surface area (Å²) in [4.78, 5) is 37.5. The molecule has 1 atom stereocenters. The zero-order chi connectivity index (χ0) is 21.0. The van der Waals surface area contributed by atoms with Crippen LogP contribution in [0.4, 0.5) is 0 Å². The highest BCUT2D eigenvalue weighted by atomic mass is 79.9. The molecule has 28 heavy (non-hydrogen) atoms. The average molecular weight is 458 g/mol. The minimum absolute atomic E-state index is 0.0537. The Kier molecular flexibility index (Phi) is 6.90. The van der Waals surface area contributed by atoms with Crippen molar-refractivity contribution in [1.29, 1.82) is 0 Å². The summed E-state index contributed by atoms with van der Waals surface area (Å²) in [5.41, 5.74) is 6.11. The standard InChI is InChI=1S/C18H20BrNO8/c1-5-27-18(23)12-11(13(16(21)25-3)17(22)26-4)9-6-8(19)7-10(24-2)14(9)28-15(12)20/h6-7,11,13H,5,20H2,1-4H3. The molecule has 0 saturated carbocycles. The van der Waals surface area contributed by atoms with Gasteiger partial charge in [-0.2, -0.15) is 0 Å². The molecular weight excluding hydrogens is 438 g/mol. The van der Waals surface area contributed by atoms with Crippen LogP contribution < -0.4 is 15.2 Å². The number of nitrogens with two attached hydrogens (primary N) is 1. The van der Waals surface area contributed by atoms with E-state index in [0.29, 0.717) is 10.0 Å². The van der Waals surface area contributed by atoms with Gasteiger partial charge in [0.25, 0.3) is 0 Å². The zero-order valence-electron chi connectivity index (χ0n) is 15.7. The van der Waals surface area contributed by atoms with Crippen LogP contribution in [0.15, 0.2) is 28.1 Å². The van der Waals surface area contributed by atoms with Crippen molar-refractivity contribution in [3.05, 3.63) is 33.6 Å². The largest absolute Gasteiger partial charge is 0.493 e. The van der Waals surface area contributed by atoms with Crippen LogP contribution in [-0.2, 0) is 28.6 Å². The van der Waals surface area contributed by atoms with Crippen LogP contribution in [-0.4, -0.2) is 45.8 Å². The summed E-state index contributed by atoms with van der Waals surface area (Å²) in [6, 6.07) is 3.21. The molecule has 10 heteroatoms. The number of rotatable bonds is 6. The van der Waals surface area contributed by atoms with E-state index in [9.17, 15) is 14.4 Å². The highest BCUT2D eigenvalue weighted by Crippen LogP contribution is 2.48. The Morgan fingerprint density at radius 3 is 2.29 bits per heavy atom. The van der Waals surface area contributed by atoms with Crippen molar-refractivity contribution in [2.45, 2.75) is 12.8 Å². The van der Waals surface area contributed by atoms with Crippen LogP contribution in [0.3, 0.4) is 0 Å². The molecule has 1 aliphatic heterocycles. The Hall–Kier alpha value is -2.75. The van der Waals surface area contributed by atoms with E-state index in [2.05, 4.69) is 15.9 Å². The van der Waals surface area contributed by atoms with Crippen molar-refractivity contribution < 1.29 is 38.1 Å². The van der Waals surface area contributed by atoms with Crippen LogP contribution in [0.25, 0.3) is 0 Å². The van der Waals surface area contributed by atoms with Crippen LogP contribution in [0, 0.1) is 5.92 Å². The van der Waals surface area contributed by atoms with Gasteiger partial charge in [0.05, 0.1) is 27.9 Å². The number of benzene rings is 1. The number of carbonyl (C=O) groups is 3. The van der Waals surface area contributed by atoms with Crippen molar-refractivity contribution in [3.63, 3.8) is 0 Å². The molecule has 0 saturated heterocycles. The number of hydrogen-bond donors (Lipinski definition) is 1. The fraction of sp³-hybridized carbons (Fsp3) is 0.389. The molecule has 1 aliphatic rings. The molecule has 1 heterocycles. The lowest BCUT2D eigenvalue weighted by Crippen LogP contribution is -2.38. The highest BCUT2D eigenvalue weighted by Gasteiger charge is 2.48. The average Bonchev–Trinajstić information content (AvgIpc) is 2.67. The molecule has 0 spiro atoms. The first-order valence-electron chi connectivity index (χ1n) is 8.18. The number of hydrogen-bond acceptors (Lipinski definition) is 9. The van der Waals surface area contributed by atoms with Crippen LogP contribution in [0.2, 0.25) is 0 Å². The molecule has 9 nitrogen and oxygen atoms in total. The Bertz CT molecular complexity index is 819. The maximum atomic E-state index is 12.6. The molecule has 1 unspecified atom stereocenters.